The zero-order chi connectivity index (χ0) is 15.1. The van der Waals surface area contributed by atoms with Crippen molar-refractivity contribution in [3.63, 3.8) is 0 Å². The van der Waals surface area contributed by atoms with E-state index in [1.807, 2.05) is 6.92 Å². The summed E-state index contributed by atoms with van der Waals surface area (Å²) in [6, 6.07) is 12.6. The highest BCUT2D eigenvalue weighted by Gasteiger charge is 2.11. The molecule has 0 aliphatic carbocycles. The van der Waals surface area contributed by atoms with Gasteiger partial charge in [0.2, 0.25) is 0 Å². The zero-order valence-corrected chi connectivity index (χ0v) is 13.3. The molecule has 2 rings (SSSR count). The van der Waals surface area contributed by atoms with Crippen LogP contribution in [-0.2, 0) is 0 Å². The van der Waals surface area contributed by atoms with E-state index in [0.29, 0.717) is 0 Å². The van der Waals surface area contributed by atoms with Crippen LogP contribution in [-0.4, -0.2) is 6.61 Å². The second-order valence-electron chi connectivity index (χ2n) is 5.76. The van der Waals surface area contributed by atoms with E-state index in [2.05, 4.69) is 43.3 Å². The third-order valence-electron chi connectivity index (χ3n) is 3.89. The maximum Gasteiger partial charge on any atom is 0.131 e. The molecule has 0 aliphatic rings. The number of hydrogen-bond donors (Lipinski definition) is 1. The van der Waals surface area contributed by atoms with Gasteiger partial charge in [-0.15, -0.1) is 0 Å². The SMILES string of the molecule is CCCCCCCOc1c([C@H](C)N)ccc2ccccc12. The average Bonchev–Trinajstić information content (AvgIpc) is 2.50. The van der Waals surface area contributed by atoms with Crippen molar-refractivity contribution in [2.75, 3.05) is 6.61 Å². The number of rotatable bonds is 8. The van der Waals surface area contributed by atoms with Gasteiger partial charge in [-0.2, -0.15) is 0 Å². The molecule has 0 unspecified atom stereocenters. The van der Waals surface area contributed by atoms with Crippen molar-refractivity contribution in [1.29, 1.82) is 0 Å². The second kappa shape index (κ2) is 8.04. The smallest absolute Gasteiger partial charge is 0.131 e. The van der Waals surface area contributed by atoms with Crippen LogP contribution in [0.4, 0.5) is 0 Å². The van der Waals surface area contributed by atoms with E-state index in [1.54, 1.807) is 0 Å². The summed E-state index contributed by atoms with van der Waals surface area (Å²) in [6.07, 6.45) is 6.25. The molecule has 0 fully saturated rings. The highest BCUT2D eigenvalue weighted by molar-refractivity contribution is 5.89. The molecule has 2 heteroatoms. The van der Waals surface area contributed by atoms with Gasteiger partial charge in [0.25, 0.3) is 0 Å². The predicted octanol–water partition coefficient (Wildman–Crippen LogP) is 5.21. The summed E-state index contributed by atoms with van der Waals surface area (Å²) in [5, 5.41) is 2.38. The summed E-state index contributed by atoms with van der Waals surface area (Å²) in [5.74, 6) is 0.971. The largest absolute Gasteiger partial charge is 0.493 e. The van der Waals surface area contributed by atoms with Crippen molar-refractivity contribution in [1.82, 2.24) is 0 Å². The Morgan fingerprint density at radius 2 is 1.76 bits per heavy atom. The van der Waals surface area contributed by atoms with Gasteiger partial charge < -0.3 is 10.5 Å². The van der Waals surface area contributed by atoms with Crippen LogP contribution < -0.4 is 10.5 Å². The molecular weight excluding hydrogens is 258 g/mol. The van der Waals surface area contributed by atoms with Crippen molar-refractivity contribution in [2.24, 2.45) is 5.73 Å². The molecule has 2 aromatic rings. The Bertz CT molecular complexity index is 562. The molecule has 2 N–H and O–H groups in total. The lowest BCUT2D eigenvalue weighted by Gasteiger charge is -2.16. The van der Waals surface area contributed by atoms with Crippen molar-refractivity contribution in [2.45, 2.75) is 52.0 Å². The Hall–Kier alpha value is -1.54. The first kappa shape index (κ1) is 15.8. The number of benzene rings is 2. The molecule has 0 bridgehead atoms. The van der Waals surface area contributed by atoms with E-state index in [0.717, 1.165) is 24.3 Å². The molecule has 0 radical (unpaired) electrons. The van der Waals surface area contributed by atoms with Crippen LogP contribution in [0.3, 0.4) is 0 Å². The molecule has 0 heterocycles. The van der Waals surface area contributed by atoms with Crippen molar-refractivity contribution >= 4 is 10.8 Å². The third kappa shape index (κ3) is 4.21. The molecule has 21 heavy (non-hydrogen) atoms. The quantitative estimate of drug-likeness (QED) is 0.676. The third-order valence-corrected chi connectivity index (χ3v) is 3.89. The minimum atomic E-state index is -0.00954. The van der Waals surface area contributed by atoms with Gasteiger partial charge in [-0.05, 0) is 18.7 Å². The van der Waals surface area contributed by atoms with Gasteiger partial charge in [0.05, 0.1) is 6.61 Å². The fraction of sp³-hybridized carbons (Fsp3) is 0.474. The van der Waals surface area contributed by atoms with Gasteiger partial charge in [-0.1, -0.05) is 69.0 Å². The summed E-state index contributed by atoms with van der Waals surface area (Å²) in [6.45, 7) is 5.02. The number of nitrogens with two attached hydrogens (primary N) is 1. The van der Waals surface area contributed by atoms with Gasteiger partial charge in [0.15, 0.2) is 0 Å². The molecule has 2 nitrogen and oxygen atoms in total. The highest BCUT2D eigenvalue weighted by atomic mass is 16.5. The summed E-state index contributed by atoms with van der Waals surface area (Å²) < 4.78 is 6.11. The molecule has 0 saturated carbocycles. The van der Waals surface area contributed by atoms with Gasteiger partial charge >= 0.3 is 0 Å². The first-order chi connectivity index (χ1) is 10.2. The van der Waals surface area contributed by atoms with Crippen LogP contribution in [0.5, 0.6) is 5.75 Å². The Balaban J connectivity index is 2.10. The first-order valence-corrected chi connectivity index (χ1v) is 8.14. The molecule has 0 saturated heterocycles. The summed E-state index contributed by atoms with van der Waals surface area (Å²) in [7, 11) is 0. The Kier molecular flexibility index (Phi) is 6.06. The van der Waals surface area contributed by atoms with Gasteiger partial charge in [-0.3, -0.25) is 0 Å². The lowest BCUT2D eigenvalue weighted by Crippen LogP contribution is -2.09. The number of hydrogen-bond acceptors (Lipinski definition) is 2. The van der Waals surface area contributed by atoms with E-state index in [1.165, 1.54) is 36.5 Å². The molecule has 0 aromatic heterocycles. The predicted molar refractivity (Wildman–Crippen MR) is 90.8 cm³/mol. The van der Waals surface area contributed by atoms with Crippen LogP contribution >= 0.6 is 0 Å². The van der Waals surface area contributed by atoms with Crippen LogP contribution in [0.25, 0.3) is 10.8 Å². The molecule has 0 spiro atoms. The van der Waals surface area contributed by atoms with Crippen LogP contribution in [0, 0.1) is 0 Å². The van der Waals surface area contributed by atoms with Crippen molar-refractivity contribution in [3.8, 4) is 5.75 Å². The summed E-state index contributed by atoms with van der Waals surface area (Å²) in [4.78, 5) is 0. The van der Waals surface area contributed by atoms with E-state index in [-0.39, 0.29) is 6.04 Å². The molecule has 2 aromatic carbocycles. The molecular formula is C19H27NO. The lowest BCUT2D eigenvalue weighted by molar-refractivity contribution is 0.304. The average molecular weight is 285 g/mol. The van der Waals surface area contributed by atoms with Crippen LogP contribution in [0.15, 0.2) is 36.4 Å². The maximum atomic E-state index is 6.11. The standard InChI is InChI=1S/C19H27NO/c1-3-4-5-6-9-14-21-19-17(15(2)20)13-12-16-10-7-8-11-18(16)19/h7-8,10-13,15H,3-6,9,14,20H2,1-2H3/t15-/m0/s1. The van der Waals surface area contributed by atoms with Gasteiger partial charge in [0.1, 0.15) is 5.75 Å². The molecule has 0 amide bonds. The second-order valence-corrected chi connectivity index (χ2v) is 5.76. The lowest BCUT2D eigenvalue weighted by atomic mass is 10.0. The summed E-state index contributed by atoms with van der Waals surface area (Å²) >= 11 is 0. The van der Waals surface area contributed by atoms with E-state index < -0.39 is 0 Å². The fourth-order valence-electron chi connectivity index (χ4n) is 2.66. The zero-order valence-electron chi connectivity index (χ0n) is 13.3. The number of unbranched alkanes of at least 4 members (excludes halogenated alkanes) is 4. The normalized spacial score (nSPS) is 12.5. The van der Waals surface area contributed by atoms with Crippen LogP contribution in [0.2, 0.25) is 0 Å². The topological polar surface area (TPSA) is 35.2 Å². The highest BCUT2D eigenvalue weighted by Crippen LogP contribution is 2.33. The Morgan fingerprint density at radius 3 is 2.52 bits per heavy atom. The van der Waals surface area contributed by atoms with E-state index in [4.69, 9.17) is 10.5 Å². The maximum absolute atomic E-state index is 6.11. The number of ether oxygens (including phenoxy) is 1. The fourth-order valence-corrected chi connectivity index (χ4v) is 2.66. The van der Waals surface area contributed by atoms with Crippen molar-refractivity contribution < 1.29 is 4.74 Å². The minimum Gasteiger partial charge on any atom is -0.493 e. The van der Waals surface area contributed by atoms with Gasteiger partial charge in [-0.25, -0.2) is 0 Å². The van der Waals surface area contributed by atoms with Crippen LogP contribution in [0.1, 0.15) is 57.6 Å². The first-order valence-electron chi connectivity index (χ1n) is 8.14. The monoisotopic (exact) mass is 285 g/mol. The molecule has 1 atom stereocenters. The summed E-state index contributed by atoms with van der Waals surface area (Å²) in [5.41, 5.74) is 7.19. The number of fused-ring (bicyclic) bond motifs is 1. The molecule has 114 valence electrons. The molecule has 0 aliphatic heterocycles. The van der Waals surface area contributed by atoms with E-state index in [9.17, 15) is 0 Å². The Morgan fingerprint density at radius 1 is 1.00 bits per heavy atom. The minimum absolute atomic E-state index is 0.00954. The van der Waals surface area contributed by atoms with Crippen molar-refractivity contribution in [3.05, 3.63) is 42.0 Å². The van der Waals surface area contributed by atoms with E-state index >= 15 is 0 Å². The Labute approximate surface area is 128 Å². The van der Waals surface area contributed by atoms with Gasteiger partial charge in [0, 0.05) is 17.0 Å².